The number of benzene rings is 2. The third-order valence-electron chi connectivity index (χ3n) is 4.02. The van der Waals surface area contributed by atoms with Crippen molar-refractivity contribution in [2.45, 2.75) is 52.1 Å². The molecule has 0 amide bonds. The van der Waals surface area contributed by atoms with E-state index in [1.807, 2.05) is 36.4 Å². The van der Waals surface area contributed by atoms with E-state index < -0.39 is 7.29 Å². The molecule has 2 aromatic carbocycles. The molecular weight excluding hydrogens is 301 g/mol. The second-order valence-corrected chi connectivity index (χ2v) is 9.49. The lowest BCUT2D eigenvalue weighted by atomic mass is 10.2. The van der Waals surface area contributed by atoms with Gasteiger partial charge in [-0.2, -0.15) is 0 Å². The number of hydrogen-bond donors (Lipinski definition) is 0. The molecule has 0 bridgehead atoms. The van der Waals surface area contributed by atoms with E-state index in [4.69, 9.17) is 0 Å². The molecule has 0 N–H and O–H groups in total. The Balaban J connectivity index is 2.38. The highest BCUT2D eigenvalue weighted by Gasteiger charge is 2.34. The van der Waals surface area contributed by atoms with E-state index in [0.717, 1.165) is 11.1 Å². The minimum Gasteiger partial charge on any atom is -0.306 e. The van der Waals surface area contributed by atoms with Gasteiger partial charge in [0, 0.05) is 24.4 Å². The van der Waals surface area contributed by atoms with Crippen molar-refractivity contribution < 1.29 is 4.57 Å². The Morgan fingerprint density at radius 1 is 0.739 bits per heavy atom. The molecule has 23 heavy (non-hydrogen) atoms. The standard InChI is InChI=1S/C20H28NOP/c1-17(2)21(18(3)4)23(22,15-19-11-7-5-8-12-19)16-20-13-9-6-10-14-20/h5-14,17-18H,15-16H2,1-4H3. The van der Waals surface area contributed by atoms with Crippen LogP contribution in [0.25, 0.3) is 0 Å². The molecule has 0 saturated carbocycles. The highest BCUT2D eigenvalue weighted by molar-refractivity contribution is 7.60. The molecule has 0 atom stereocenters. The van der Waals surface area contributed by atoms with E-state index in [1.165, 1.54) is 0 Å². The van der Waals surface area contributed by atoms with Gasteiger partial charge in [-0.3, -0.25) is 0 Å². The van der Waals surface area contributed by atoms with E-state index in [-0.39, 0.29) is 12.1 Å². The molecule has 0 aliphatic rings. The fraction of sp³-hybridized carbons (Fsp3) is 0.400. The first kappa shape index (κ1) is 18.0. The van der Waals surface area contributed by atoms with Crippen molar-refractivity contribution >= 4 is 7.29 Å². The molecule has 3 heteroatoms. The number of nitrogens with zero attached hydrogens (tertiary/aromatic N) is 1. The van der Waals surface area contributed by atoms with Crippen LogP contribution >= 0.6 is 7.29 Å². The average Bonchev–Trinajstić information content (AvgIpc) is 2.47. The largest absolute Gasteiger partial charge is 0.306 e. The molecule has 0 heterocycles. The van der Waals surface area contributed by atoms with Crippen molar-refractivity contribution in [2.75, 3.05) is 0 Å². The summed E-state index contributed by atoms with van der Waals surface area (Å²) >= 11 is 0. The van der Waals surface area contributed by atoms with Crippen LogP contribution in [0.15, 0.2) is 60.7 Å². The van der Waals surface area contributed by atoms with E-state index >= 15 is 0 Å². The van der Waals surface area contributed by atoms with Gasteiger partial charge in [-0.1, -0.05) is 60.7 Å². The summed E-state index contributed by atoms with van der Waals surface area (Å²) in [6, 6.07) is 21.0. The van der Waals surface area contributed by atoms with Gasteiger partial charge >= 0.3 is 0 Å². The molecule has 2 aromatic rings. The zero-order chi connectivity index (χ0) is 16.9. The summed E-state index contributed by atoms with van der Waals surface area (Å²) in [5, 5.41) is 0. The predicted molar refractivity (Wildman–Crippen MR) is 100 cm³/mol. The van der Waals surface area contributed by atoms with Gasteiger partial charge in [-0.05, 0) is 38.8 Å². The van der Waals surface area contributed by atoms with Crippen molar-refractivity contribution in [3.05, 3.63) is 71.8 Å². The normalized spacial score (nSPS) is 12.3. The molecule has 0 aromatic heterocycles. The van der Waals surface area contributed by atoms with Crippen LogP contribution in [0.5, 0.6) is 0 Å². The summed E-state index contributed by atoms with van der Waals surface area (Å²) in [6.07, 6.45) is 1.25. The zero-order valence-corrected chi connectivity index (χ0v) is 15.5. The van der Waals surface area contributed by atoms with Crippen molar-refractivity contribution in [2.24, 2.45) is 0 Å². The maximum absolute atomic E-state index is 14.1. The van der Waals surface area contributed by atoms with Crippen molar-refractivity contribution in [1.29, 1.82) is 0 Å². The summed E-state index contributed by atoms with van der Waals surface area (Å²) < 4.78 is 16.3. The van der Waals surface area contributed by atoms with Crippen molar-refractivity contribution in [3.8, 4) is 0 Å². The summed E-state index contributed by atoms with van der Waals surface area (Å²) in [5.74, 6) is 0. The Bertz CT molecular complexity index is 584. The number of hydrogen-bond acceptors (Lipinski definition) is 1. The first-order chi connectivity index (χ1) is 10.9. The fourth-order valence-electron chi connectivity index (χ4n) is 3.39. The zero-order valence-electron chi connectivity index (χ0n) is 14.6. The SMILES string of the molecule is CC(C)N(C(C)C)P(=O)(Cc1ccccc1)Cc1ccccc1. The Morgan fingerprint density at radius 2 is 1.09 bits per heavy atom. The fourth-order valence-corrected chi connectivity index (χ4v) is 7.08. The van der Waals surface area contributed by atoms with E-state index in [2.05, 4.69) is 56.6 Å². The maximum Gasteiger partial charge on any atom is 0.159 e. The topological polar surface area (TPSA) is 20.3 Å². The van der Waals surface area contributed by atoms with Crippen LogP contribution in [0.4, 0.5) is 0 Å². The highest BCUT2D eigenvalue weighted by atomic mass is 31.2. The Morgan fingerprint density at radius 3 is 1.39 bits per heavy atom. The minimum absolute atomic E-state index is 0.258. The monoisotopic (exact) mass is 329 g/mol. The van der Waals surface area contributed by atoms with Crippen LogP contribution in [0.2, 0.25) is 0 Å². The molecule has 0 aliphatic heterocycles. The molecule has 0 spiro atoms. The molecule has 0 fully saturated rings. The Hall–Kier alpha value is -1.37. The van der Waals surface area contributed by atoms with Crippen LogP contribution in [0.1, 0.15) is 38.8 Å². The van der Waals surface area contributed by atoms with Crippen LogP contribution < -0.4 is 0 Å². The van der Waals surface area contributed by atoms with Crippen molar-refractivity contribution in [1.82, 2.24) is 4.67 Å². The Labute approximate surface area is 141 Å². The molecule has 0 radical (unpaired) electrons. The molecule has 0 aliphatic carbocycles. The minimum atomic E-state index is -2.55. The second-order valence-electron chi connectivity index (χ2n) is 6.70. The third kappa shape index (κ3) is 4.80. The smallest absolute Gasteiger partial charge is 0.159 e. The van der Waals surface area contributed by atoms with Crippen LogP contribution in [0, 0.1) is 0 Å². The van der Waals surface area contributed by atoms with Crippen molar-refractivity contribution in [3.63, 3.8) is 0 Å². The van der Waals surface area contributed by atoms with Gasteiger partial charge in [-0.25, -0.2) is 4.67 Å². The number of rotatable bonds is 7. The molecular formula is C20H28NOP. The van der Waals surface area contributed by atoms with Gasteiger partial charge < -0.3 is 4.57 Å². The van der Waals surface area contributed by atoms with E-state index in [1.54, 1.807) is 0 Å². The predicted octanol–water partition coefficient (Wildman–Crippen LogP) is 5.78. The molecule has 0 saturated heterocycles. The van der Waals surface area contributed by atoms with Gasteiger partial charge in [0.2, 0.25) is 0 Å². The van der Waals surface area contributed by atoms with Crippen LogP contribution in [-0.2, 0) is 16.9 Å². The third-order valence-corrected chi connectivity index (χ3v) is 7.51. The van der Waals surface area contributed by atoms with E-state index in [9.17, 15) is 4.57 Å². The summed E-state index contributed by atoms with van der Waals surface area (Å²) in [5.41, 5.74) is 2.30. The molecule has 2 nitrogen and oxygen atoms in total. The first-order valence-electron chi connectivity index (χ1n) is 8.37. The molecule has 124 valence electrons. The lowest BCUT2D eigenvalue weighted by Crippen LogP contribution is -2.35. The van der Waals surface area contributed by atoms with Gasteiger partial charge in [0.1, 0.15) is 0 Å². The van der Waals surface area contributed by atoms with Gasteiger partial charge in [0.15, 0.2) is 7.29 Å². The summed E-state index contributed by atoms with van der Waals surface area (Å²) in [7, 11) is -2.55. The quantitative estimate of drug-likeness (QED) is 0.600. The summed E-state index contributed by atoms with van der Waals surface area (Å²) in [6.45, 7) is 8.57. The highest BCUT2D eigenvalue weighted by Crippen LogP contribution is 2.57. The van der Waals surface area contributed by atoms with Gasteiger partial charge in [0.25, 0.3) is 0 Å². The lowest BCUT2D eigenvalue weighted by Gasteiger charge is -2.38. The van der Waals surface area contributed by atoms with Gasteiger partial charge in [0.05, 0.1) is 0 Å². The average molecular weight is 329 g/mol. The molecule has 2 rings (SSSR count). The molecule has 0 unspecified atom stereocenters. The van der Waals surface area contributed by atoms with Gasteiger partial charge in [-0.15, -0.1) is 0 Å². The maximum atomic E-state index is 14.1. The van der Waals surface area contributed by atoms with Crippen LogP contribution in [-0.4, -0.2) is 16.8 Å². The first-order valence-corrected chi connectivity index (χ1v) is 10.4. The van der Waals surface area contributed by atoms with E-state index in [0.29, 0.717) is 12.3 Å². The van der Waals surface area contributed by atoms with Crippen LogP contribution in [0.3, 0.4) is 0 Å². The lowest BCUT2D eigenvalue weighted by molar-refractivity contribution is 0.297. The Kier molecular flexibility index (Phi) is 6.21. The second kappa shape index (κ2) is 7.95. The summed E-state index contributed by atoms with van der Waals surface area (Å²) in [4.78, 5) is 0.